The van der Waals surface area contributed by atoms with Gasteiger partial charge in [0.1, 0.15) is 17.3 Å². The fraction of sp³-hybridized carbons (Fsp3) is 0.348. The second kappa shape index (κ2) is 7.99. The maximum absolute atomic E-state index is 6.02. The first-order chi connectivity index (χ1) is 14.2. The Morgan fingerprint density at radius 2 is 2.00 bits per heavy atom. The number of fused-ring (bicyclic) bond motifs is 1. The van der Waals surface area contributed by atoms with Gasteiger partial charge in [-0.05, 0) is 43.7 Å². The molecule has 0 spiro atoms. The molecule has 0 amide bonds. The van der Waals surface area contributed by atoms with Crippen LogP contribution in [-0.2, 0) is 6.54 Å². The quantitative estimate of drug-likeness (QED) is 0.692. The van der Waals surface area contributed by atoms with Gasteiger partial charge in [-0.25, -0.2) is 4.98 Å². The number of nitrogens with one attached hydrogen (secondary N) is 2. The maximum atomic E-state index is 6.02. The van der Waals surface area contributed by atoms with E-state index in [2.05, 4.69) is 15.8 Å². The topological polar surface area (TPSA) is 62.6 Å². The van der Waals surface area contributed by atoms with Crippen molar-refractivity contribution in [2.45, 2.75) is 25.9 Å². The van der Waals surface area contributed by atoms with Crippen LogP contribution in [0.2, 0.25) is 0 Å². The standard InChI is InChI=1S/C23H26N4O2/c1-16-22(15-27-11-10-21-18(14-27)13-24-26-21)25-23(28-16)17-6-5-9-20(12-17)29-19-7-3-2-4-8-19/h2-9,12,18,21,24,26H,10-11,13-15H2,1H3. The number of hydrazine groups is 1. The number of piperidine rings is 1. The molecule has 2 unspecified atom stereocenters. The second-order valence-electron chi connectivity index (χ2n) is 7.88. The Morgan fingerprint density at radius 1 is 1.14 bits per heavy atom. The summed E-state index contributed by atoms with van der Waals surface area (Å²) in [5, 5.41) is 0. The summed E-state index contributed by atoms with van der Waals surface area (Å²) in [4.78, 5) is 7.30. The molecule has 2 aromatic carbocycles. The molecule has 3 heterocycles. The number of oxazole rings is 1. The van der Waals surface area contributed by atoms with Gasteiger partial charge >= 0.3 is 0 Å². The van der Waals surface area contributed by atoms with E-state index < -0.39 is 0 Å². The van der Waals surface area contributed by atoms with Gasteiger partial charge in [-0.1, -0.05) is 24.3 Å². The molecule has 0 radical (unpaired) electrons. The summed E-state index contributed by atoms with van der Waals surface area (Å²) in [5.41, 5.74) is 8.61. The van der Waals surface area contributed by atoms with E-state index in [1.165, 1.54) is 6.42 Å². The molecule has 2 fully saturated rings. The number of likely N-dealkylation sites (tertiary alicyclic amines) is 1. The first-order valence-electron chi connectivity index (χ1n) is 10.2. The highest BCUT2D eigenvalue weighted by molar-refractivity contribution is 5.57. The van der Waals surface area contributed by atoms with Gasteiger partial charge in [-0.2, -0.15) is 0 Å². The molecule has 6 nitrogen and oxygen atoms in total. The Morgan fingerprint density at radius 3 is 2.90 bits per heavy atom. The van der Waals surface area contributed by atoms with Gasteiger partial charge in [0.05, 0.1) is 5.69 Å². The van der Waals surface area contributed by atoms with Crippen LogP contribution in [0.5, 0.6) is 11.5 Å². The summed E-state index contributed by atoms with van der Waals surface area (Å²) < 4.78 is 12.0. The molecular weight excluding hydrogens is 364 g/mol. The Hall–Kier alpha value is -2.67. The van der Waals surface area contributed by atoms with Crippen molar-refractivity contribution in [2.24, 2.45) is 5.92 Å². The summed E-state index contributed by atoms with van der Waals surface area (Å²) in [7, 11) is 0. The molecule has 29 heavy (non-hydrogen) atoms. The minimum absolute atomic E-state index is 0.604. The average Bonchev–Trinajstić information content (AvgIpc) is 3.35. The van der Waals surface area contributed by atoms with E-state index in [9.17, 15) is 0 Å². The summed E-state index contributed by atoms with van der Waals surface area (Å²) in [6, 6.07) is 18.3. The van der Waals surface area contributed by atoms with Gasteiger partial charge in [0.2, 0.25) is 5.89 Å². The molecule has 0 bridgehead atoms. The predicted molar refractivity (Wildman–Crippen MR) is 112 cm³/mol. The van der Waals surface area contributed by atoms with Crippen LogP contribution >= 0.6 is 0 Å². The smallest absolute Gasteiger partial charge is 0.226 e. The van der Waals surface area contributed by atoms with E-state index in [1.54, 1.807) is 0 Å². The highest BCUT2D eigenvalue weighted by atomic mass is 16.5. The summed E-state index contributed by atoms with van der Waals surface area (Å²) >= 11 is 0. The zero-order valence-corrected chi connectivity index (χ0v) is 16.6. The lowest BCUT2D eigenvalue weighted by atomic mass is 9.94. The molecule has 3 aromatic rings. The van der Waals surface area contributed by atoms with E-state index in [1.807, 2.05) is 61.5 Å². The number of hydrogen-bond acceptors (Lipinski definition) is 6. The fourth-order valence-corrected chi connectivity index (χ4v) is 4.20. The number of para-hydroxylation sites is 1. The fourth-order valence-electron chi connectivity index (χ4n) is 4.20. The number of rotatable bonds is 5. The first kappa shape index (κ1) is 18.4. The Labute approximate surface area is 170 Å². The van der Waals surface area contributed by atoms with Crippen LogP contribution in [0.4, 0.5) is 0 Å². The van der Waals surface area contributed by atoms with Crippen molar-refractivity contribution in [1.82, 2.24) is 20.7 Å². The largest absolute Gasteiger partial charge is 0.457 e. The number of ether oxygens (including phenoxy) is 1. The third kappa shape index (κ3) is 4.05. The second-order valence-corrected chi connectivity index (χ2v) is 7.88. The molecule has 2 aliphatic rings. The van der Waals surface area contributed by atoms with E-state index in [0.29, 0.717) is 17.9 Å². The predicted octanol–water partition coefficient (Wildman–Crippen LogP) is 3.74. The zero-order valence-electron chi connectivity index (χ0n) is 16.6. The molecular formula is C23H26N4O2. The Kier molecular flexibility index (Phi) is 5.06. The molecule has 5 rings (SSSR count). The van der Waals surface area contributed by atoms with Crippen molar-refractivity contribution < 1.29 is 9.15 Å². The van der Waals surface area contributed by atoms with Gasteiger partial charge < -0.3 is 9.15 Å². The van der Waals surface area contributed by atoms with Gasteiger partial charge in [0.25, 0.3) is 0 Å². The molecule has 2 saturated heterocycles. The molecule has 1 aromatic heterocycles. The lowest BCUT2D eigenvalue weighted by Gasteiger charge is -2.33. The van der Waals surface area contributed by atoms with Gasteiger partial charge in [0, 0.05) is 43.7 Å². The number of nitrogens with zero attached hydrogens (tertiary/aromatic N) is 2. The molecule has 2 aliphatic heterocycles. The Balaban J connectivity index is 1.30. The number of aryl methyl sites for hydroxylation is 1. The molecule has 6 heteroatoms. The molecule has 0 saturated carbocycles. The lowest BCUT2D eigenvalue weighted by Crippen LogP contribution is -2.44. The van der Waals surface area contributed by atoms with Crippen LogP contribution in [0.1, 0.15) is 17.9 Å². The minimum atomic E-state index is 0.604. The van der Waals surface area contributed by atoms with Crippen molar-refractivity contribution in [3.63, 3.8) is 0 Å². The Bertz CT molecular complexity index is 972. The van der Waals surface area contributed by atoms with Crippen LogP contribution in [0, 0.1) is 12.8 Å². The summed E-state index contributed by atoms with van der Waals surface area (Å²) in [5.74, 6) is 3.79. The van der Waals surface area contributed by atoms with Crippen molar-refractivity contribution in [1.29, 1.82) is 0 Å². The van der Waals surface area contributed by atoms with Crippen molar-refractivity contribution in [3.05, 3.63) is 66.1 Å². The zero-order chi connectivity index (χ0) is 19.6. The van der Waals surface area contributed by atoms with Crippen LogP contribution < -0.4 is 15.6 Å². The number of aromatic nitrogens is 1. The normalized spacial score (nSPS) is 21.8. The SMILES string of the molecule is Cc1oc(-c2cccc(Oc3ccccc3)c2)nc1CN1CCC2NNCC2C1. The van der Waals surface area contributed by atoms with Gasteiger partial charge in [0.15, 0.2) is 0 Å². The van der Waals surface area contributed by atoms with Crippen molar-refractivity contribution >= 4 is 0 Å². The van der Waals surface area contributed by atoms with E-state index >= 15 is 0 Å². The van der Waals surface area contributed by atoms with Crippen LogP contribution in [-0.4, -0.2) is 35.6 Å². The van der Waals surface area contributed by atoms with Crippen molar-refractivity contribution in [2.75, 3.05) is 19.6 Å². The van der Waals surface area contributed by atoms with Gasteiger partial charge in [-0.15, -0.1) is 0 Å². The third-order valence-corrected chi connectivity index (χ3v) is 5.80. The van der Waals surface area contributed by atoms with Crippen molar-refractivity contribution in [3.8, 4) is 23.0 Å². The lowest BCUT2D eigenvalue weighted by molar-refractivity contribution is 0.159. The first-order valence-corrected chi connectivity index (χ1v) is 10.2. The number of hydrogen-bond donors (Lipinski definition) is 2. The maximum Gasteiger partial charge on any atom is 0.226 e. The highest BCUT2D eigenvalue weighted by Gasteiger charge is 2.33. The summed E-state index contributed by atoms with van der Waals surface area (Å²) in [6.07, 6.45) is 1.17. The molecule has 0 aliphatic carbocycles. The van der Waals surface area contributed by atoms with Gasteiger partial charge in [-0.3, -0.25) is 15.8 Å². The molecule has 2 N–H and O–H groups in total. The monoisotopic (exact) mass is 390 g/mol. The van der Waals surface area contributed by atoms with Crippen LogP contribution in [0.25, 0.3) is 11.5 Å². The van der Waals surface area contributed by atoms with Crippen LogP contribution in [0.3, 0.4) is 0 Å². The van der Waals surface area contributed by atoms with E-state index in [4.69, 9.17) is 14.1 Å². The van der Waals surface area contributed by atoms with Crippen LogP contribution in [0.15, 0.2) is 59.0 Å². The third-order valence-electron chi connectivity index (χ3n) is 5.80. The molecule has 2 atom stereocenters. The minimum Gasteiger partial charge on any atom is -0.457 e. The summed E-state index contributed by atoms with van der Waals surface area (Å²) in [6.45, 7) is 6.04. The average molecular weight is 390 g/mol. The van der Waals surface area contributed by atoms with E-state index in [-0.39, 0.29) is 0 Å². The highest BCUT2D eigenvalue weighted by Crippen LogP contribution is 2.29. The number of benzene rings is 2. The van der Waals surface area contributed by atoms with E-state index in [0.717, 1.165) is 54.7 Å². The molecule has 150 valence electrons.